The van der Waals surface area contributed by atoms with Gasteiger partial charge in [-0.2, -0.15) is 0 Å². The van der Waals surface area contributed by atoms with Crippen molar-refractivity contribution in [2.24, 2.45) is 0 Å². The van der Waals surface area contributed by atoms with E-state index >= 15 is 0 Å². The fourth-order valence-electron chi connectivity index (χ4n) is 3.60. The molecule has 0 aliphatic carbocycles. The molecule has 0 unspecified atom stereocenters. The maximum absolute atomic E-state index is 14.9. The first-order valence-electron chi connectivity index (χ1n) is 10.5. The van der Waals surface area contributed by atoms with E-state index in [9.17, 15) is 4.39 Å². The van der Waals surface area contributed by atoms with Gasteiger partial charge in [-0.05, 0) is 66.5 Å². The van der Waals surface area contributed by atoms with Crippen molar-refractivity contribution in [3.8, 4) is 11.8 Å². The lowest BCUT2D eigenvalue weighted by Crippen LogP contribution is -1.91. The summed E-state index contributed by atoms with van der Waals surface area (Å²) in [5, 5.41) is 1.56. The van der Waals surface area contributed by atoms with Crippen LogP contribution in [0.15, 0.2) is 78.9 Å². The molecule has 4 aromatic carbocycles. The molecular weight excluding hydrogens is 367 g/mol. The summed E-state index contributed by atoms with van der Waals surface area (Å²) in [6.07, 6.45) is 2.96. The van der Waals surface area contributed by atoms with Gasteiger partial charge in [-0.25, -0.2) is 4.39 Å². The average Bonchev–Trinajstić information content (AvgIpc) is 2.79. The van der Waals surface area contributed by atoms with Crippen LogP contribution in [-0.2, 0) is 19.3 Å². The maximum Gasteiger partial charge on any atom is 0.146 e. The molecule has 0 aromatic heterocycles. The van der Waals surface area contributed by atoms with Crippen molar-refractivity contribution in [3.63, 3.8) is 0 Å². The predicted octanol–water partition coefficient (Wildman–Crippen LogP) is 7.03. The Morgan fingerprint density at radius 3 is 2.00 bits per heavy atom. The van der Waals surface area contributed by atoms with Crippen LogP contribution in [0, 0.1) is 24.6 Å². The Morgan fingerprint density at radius 1 is 0.700 bits per heavy atom. The number of aryl methyl sites for hydroxylation is 4. The van der Waals surface area contributed by atoms with E-state index in [4.69, 9.17) is 0 Å². The summed E-state index contributed by atoms with van der Waals surface area (Å²) >= 11 is 0. The second kappa shape index (κ2) is 8.97. The van der Waals surface area contributed by atoms with Crippen molar-refractivity contribution in [3.05, 3.63) is 118 Å². The van der Waals surface area contributed by atoms with E-state index in [1.165, 1.54) is 22.3 Å². The Morgan fingerprint density at radius 2 is 1.33 bits per heavy atom. The molecule has 0 fully saturated rings. The summed E-state index contributed by atoms with van der Waals surface area (Å²) in [5.74, 6) is 5.88. The predicted molar refractivity (Wildman–Crippen MR) is 124 cm³/mol. The van der Waals surface area contributed by atoms with E-state index in [0.29, 0.717) is 10.9 Å². The Balaban J connectivity index is 1.47. The third-order valence-electron chi connectivity index (χ3n) is 5.55. The molecule has 0 N–H and O–H groups in total. The standard InChI is InChI=1S/C29H25F/c1-3-22-15-19-28-27(20-22)18-17-26(29(28)30)16-14-25-12-10-24(11-13-25)9-8-23-6-4-21(2)5-7-23/h4-7,10-13,15,17-20H,3,8-9H2,1-2H3. The molecule has 0 bridgehead atoms. The van der Waals surface area contributed by atoms with Gasteiger partial charge in [0, 0.05) is 10.9 Å². The molecule has 30 heavy (non-hydrogen) atoms. The quantitative estimate of drug-likeness (QED) is 0.327. The minimum atomic E-state index is -0.239. The summed E-state index contributed by atoms with van der Waals surface area (Å²) in [5.41, 5.74) is 6.47. The number of hydrogen-bond acceptors (Lipinski definition) is 0. The lowest BCUT2D eigenvalue weighted by molar-refractivity contribution is 0.636. The normalized spacial score (nSPS) is 10.6. The van der Waals surface area contributed by atoms with Crippen LogP contribution < -0.4 is 0 Å². The molecule has 0 heterocycles. The average molecular weight is 393 g/mol. The van der Waals surface area contributed by atoms with Crippen molar-refractivity contribution < 1.29 is 4.39 Å². The van der Waals surface area contributed by atoms with E-state index in [1.807, 2.05) is 36.4 Å². The van der Waals surface area contributed by atoms with Crippen LogP contribution in [0.1, 0.15) is 40.3 Å². The molecule has 0 aliphatic rings. The largest absolute Gasteiger partial charge is 0.205 e. The van der Waals surface area contributed by atoms with Gasteiger partial charge < -0.3 is 0 Å². The van der Waals surface area contributed by atoms with Crippen molar-refractivity contribution in [1.29, 1.82) is 0 Å². The molecule has 0 spiro atoms. The molecule has 0 atom stereocenters. The molecule has 0 saturated heterocycles. The van der Waals surface area contributed by atoms with Crippen LogP contribution in [0.3, 0.4) is 0 Å². The minimum absolute atomic E-state index is 0.239. The number of hydrogen-bond donors (Lipinski definition) is 0. The van der Waals surface area contributed by atoms with E-state index in [-0.39, 0.29) is 5.82 Å². The second-order valence-electron chi connectivity index (χ2n) is 7.77. The monoisotopic (exact) mass is 392 g/mol. The van der Waals surface area contributed by atoms with E-state index in [1.54, 1.807) is 6.07 Å². The SMILES string of the molecule is CCc1ccc2c(F)c(C#Cc3ccc(CCc4ccc(C)cc4)cc3)ccc2c1. The highest BCUT2D eigenvalue weighted by Crippen LogP contribution is 2.22. The van der Waals surface area contributed by atoms with Gasteiger partial charge in [-0.1, -0.05) is 85.0 Å². The van der Waals surface area contributed by atoms with Gasteiger partial charge in [0.1, 0.15) is 5.82 Å². The zero-order valence-electron chi connectivity index (χ0n) is 17.5. The summed E-state index contributed by atoms with van der Waals surface area (Å²) in [4.78, 5) is 0. The molecule has 0 nitrogen and oxygen atoms in total. The van der Waals surface area contributed by atoms with Crippen LogP contribution in [0.2, 0.25) is 0 Å². The van der Waals surface area contributed by atoms with Crippen LogP contribution >= 0.6 is 0 Å². The Bertz CT molecular complexity index is 1220. The highest BCUT2D eigenvalue weighted by atomic mass is 19.1. The van der Waals surface area contributed by atoms with Crippen LogP contribution in [0.4, 0.5) is 4.39 Å². The molecule has 0 aliphatic heterocycles. The number of benzene rings is 4. The zero-order chi connectivity index (χ0) is 20.9. The number of fused-ring (bicyclic) bond motifs is 1. The van der Waals surface area contributed by atoms with E-state index in [0.717, 1.165) is 30.2 Å². The Kier molecular flexibility index (Phi) is 5.96. The van der Waals surface area contributed by atoms with Gasteiger partial charge >= 0.3 is 0 Å². The number of halogens is 1. The zero-order valence-corrected chi connectivity index (χ0v) is 17.5. The first-order chi connectivity index (χ1) is 14.6. The molecule has 4 aromatic rings. The second-order valence-corrected chi connectivity index (χ2v) is 7.77. The fourth-order valence-corrected chi connectivity index (χ4v) is 3.60. The molecule has 0 amide bonds. The maximum atomic E-state index is 14.9. The minimum Gasteiger partial charge on any atom is -0.205 e. The summed E-state index contributed by atoms with van der Waals surface area (Å²) in [6.45, 7) is 4.21. The Hall–Kier alpha value is -3.37. The van der Waals surface area contributed by atoms with E-state index in [2.05, 4.69) is 62.1 Å². The number of rotatable bonds is 4. The first kappa shape index (κ1) is 19.9. The molecule has 1 heteroatoms. The van der Waals surface area contributed by atoms with E-state index < -0.39 is 0 Å². The highest BCUT2D eigenvalue weighted by molar-refractivity contribution is 5.85. The van der Waals surface area contributed by atoms with Gasteiger partial charge in [0.15, 0.2) is 0 Å². The lowest BCUT2D eigenvalue weighted by atomic mass is 10.0. The summed E-state index contributed by atoms with van der Waals surface area (Å²) in [6, 6.07) is 26.6. The van der Waals surface area contributed by atoms with Gasteiger partial charge in [-0.15, -0.1) is 0 Å². The Labute approximate surface area is 178 Å². The molecular formula is C29H25F. The van der Waals surface area contributed by atoms with Gasteiger partial charge in [-0.3, -0.25) is 0 Å². The van der Waals surface area contributed by atoms with Crippen molar-refractivity contribution >= 4 is 10.8 Å². The van der Waals surface area contributed by atoms with Crippen LogP contribution in [-0.4, -0.2) is 0 Å². The summed E-state index contributed by atoms with van der Waals surface area (Å²) in [7, 11) is 0. The van der Waals surface area contributed by atoms with Gasteiger partial charge in [0.25, 0.3) is 0 Å². The van der Waals surface area contributed by atoms with Crippen LogP contribution in [0.25, 0.3) is 10.8 Å². The summed E-state index contributed by atoms with van der Waals surface area (Å²) < 4.78 is 14.9. The van der Waals surface area contributed by atoms with Crippen molar-refractivity contribution in [1.82, 2.24) is 0 Å². The molecule has 0 saturated carbocycles. The molecule has 148 valence electrons. The fraction of sp³-hybridized carbons (Fsp3) is 0.172. The molecule has 0 radical (unpaired) electrons. The van der Waals surface area contributed by atoms with Crippen molar-refractivity contribution in [2.75, 3.05) is 0 Å². The highest BCUT2D eigenvalue weighted by Gasteiger charge is 2.06. The van der Waals surface area contributed by atoms with Gasteiger partial charge in [0.05, 0.1) is 5.56 Å². The van der Waals surface area contributed by atoms with Crippen LogP contribution in [0.5, 0.6) is 0 Å². The molecule has 4 rings (SSSR count). The first-order valence-corrected chi connectivity index (χ1v) is 10.5. The topological polar surface area (TPSA) is 0 Å². The van der Waals surface area contributed by atoms with Crippen molar-refractivity contribution in [2.45, 2.75) is 33.1 Å². The van der Waals surface area contributed by atoms with Gasteiger partial charge in [0.2, 0.25) is 0 Å². The smallest absolute Gasteiger partial charge is 0.146 e. The lowest BCUT2D eigenvalue weighted by Gasteiger charge is -2.04. The third-order valence-corrected chi connectivity index (χ3v) is 5.55. The third kappa shape index (κ3) is 4.61.